The summed E-state index contributed by atoms with van der Waals surface area (Å²) in [6, 6.07) is 15.9. The zero-order valence-corrected chi connectivity index (χ0v) is 11.7. The first-order valence-electron chi connectivity index (χ1n) is 6.80. The van der Waals surface area contributed by atoms with Crippen molar-refractivity contribution in [2.24, 2.45) is 0 Å². The summed E-state index contributed by atoms with van der Waals surface area (Å²) in [5.74, 6) is 0.929. The van der Waals surface area contributed by atoms with Gasteiger partial charge in [-0.15, -0.1) is 0 Å². The smallest absolute Gasteiger partial charge is 0.124 e. The van der Waals surface area contributed by atoms with Crippen molar-refractivity contribution in [3.63, 3.8) is 0 Å². The number of rotatable bonds is 3. The lowest BCUT2D eigenvalue weighted by molar-refractivity contribution is 0.271. The second-order valence-electron chi connectivity index (χ2n) is 4.94. The van der Waals surface area contributed by atoms with Crippen LogP contribution in [0.25, 0.3) is 11.1 Å². The number of fused-ring (bicyclic) bond motifs is 1. The van der Waals surface area contributed by atoms with Gasteiger partial charge in [-0.25, -0.2) is 0 Å². The molecule has 0 spiro atoms. The Hall–Kier alpha value is -2.73. The van der Waals surface area contributed by atoms with Crippen LogP contribution in [0.4, 0.5) is 0 Å². The Kier molecular flexibility index (Phi) is 3.61. The van der Waals surface area contributed by atoms with Crippen LogP contribution in [-0.4, -0.2) is 13.2 Å². The average Bonchev–Trinajstić information content (AvgIpc) is 2.95. The SMILES string of the molecule is COC=CC1Cc2cc(-c3ccc(C#N)cc3)ccc2O1. The van der Waals surface area contributed by atoms with Gasteiger partial charge >= 0.3 is 0 Å². The fourth-order valence-corrected chi connectivity index (χ4v) is 2.47. The van der Waals surface area contributed by atoms with Crippen LogP contribution in [0, 0.1) is 11.3 Å². The molecule has 0 N–H and O–H groups in total. The van der Waals surface area contributed by atoms with Crippen molar-refractivity contribution in [3.05, 3.63) is 65.9 Å². The van der Waals surface area contributed by atoms with Crippen LogP contribution < -0.4 is 4.74 Å². The summed E-state index contributed by atoms with van der Waals surface area (Å²) in [5.41, 5.74) is 4.11. The summed E-state index contributed by atoms with van der Waals surface area (Å²) in [4.78, 5) is 0. The Morgan fingerprint density at radius 3 is 2.67 bits per heavy atom. The molecular formula is C18H15NO2. The predicted molar refractivity (Wildman–Crippen MR) is 80.9 cm³/mol. The summed E-state index contributed by atoms with van der Waals surface area (Å²) in [6.07, 6.45) is 4.45. The van der Waals surface area contributed by atoms with E-state index in [2.05, 4.69) is 12.1 Å². The molecule has 1 atom stereocenters. The first-order valence-corrected chi connectivity index (χ1v) is 6.80. The van der Waals surface area contributed by atoms with Gasteiger partial charge < -0.3 is 9.47 Å². The van der Waals surface area contributed by atoms with E-state index in [1.165, 1.54) is 5.56 Å². The van der Waals surface area contributed by atoms with Crippen molar-refractivity contribution >= 4 is 0 Å². The first-order chi connectivity index (χ1) is 10.3. The lowest BCUT2D eigenvalue weighted by Gasteiger charge is -2.05. The van der Waals surface area contributed by atoms with Crippen LogP contribution in [0.2, 0.25) is 0 Å². The second-order valence-corrected chi connectivity index (χ2v) is 4.94. The Labute approximate surface area is 124 Å². The molecule has 2 aromatic carbocycles. The zero-order valence-electron chi connectivity index (χ0n) is 11.7. The number of ether oxygens (including phenoxy) is 2. The summed E-state index contributed by atoms with van der Waals surface area (Å²) in [7, 11) is 1.63. The molecule has 0 aromatic heterocycles. The maximum atomic E-state index is 8.84. The highest BCUT2D eigenvalue weighted by molar-refractivity contribution is 5.67. The Bertz CT molecular complexity index is 711. The van der Waals surface area contributed by atoms with E-state index in [0.29, 0.717) is 5.56 Å². The molecule has 0 saturated carbocycles. The summed E-state index contributed by atoms with van der Waals surface area (Å²) < 4.78 is 10.8. The van der Waals surface area contributed by atoms with Gasteiger partial charge in [0.2, 0.25) is 0 Å². The molecule has 1 unspecified atom stereocenters. The van der Waals surface area contributed by atoms with Gasteiger partial charge in [-0.3, -0.25) is 0 Å². The van der Waals surface area contributed by atoms with Crippen molar-refractivity contribution in [1.82, 2.24) is 0 Å². The largest absolute Gasteiger partial charge is 0.505 e. The third kappa shape index (κ3) is 2.75. The van der Waals surface area contributed by atoms with Gasteiger partial charge in [0.25, 0.3) is 0 Å². The van der Waals surface area contributed by atoms with Crippen molar-refractivity contribution in [1.29, 1.82) is 5.26 Å². The van der Waals surface area contributed by atoms with Crippen LogP contribution in [-0.2, 0) is 11.2 Å². The van der Waals surface area contributed by atoms with E-state index in [1.807, 2.05) is 42.5 Å². The van der Waals surface area contributed by atoms with E-state index in [1.54, 1.807) is 13.4 Å². The molecule has 0 bridgehead atoms. The number of methoxy groups -OCH3 is 1. The highest BCUT2D eigenvalue weighted by Gasteiger charge is 2.21. The van der Waals surface area contributed by atoms with Crippen LogP contribution in [0.1, 0.15) is 11.1 Å². The fraction of sp³-hybridized carbons (Fsp3) is 0.167. The predicted octanol–water partition coefficient (Wildman–Crippen LogP) is 3.69. The number of nitriles is 1. The highest BCUT2D eigenvalue weighted by Crippen LogP contribution is 2.33. The van der Waals surface area contributed by atoms with Crippen LogP contribution in [0.3, 0.4) is 0 Å². The average molecular weight is 277 g/mol. The molecule has 0 amide bonds. The Morgan fingerprint density at radius 1 is 1.19 bits per heavy atom. The van der Waals surface area contributed by atoms with E-state index < -0.39 is 0 Å². The minimum absolute atomic E-state index is 0.0381. The van der Waals surface area contributed by atoms with Crippen molar-refractivity contribution in [2.45, 2.75) is 12.5 Å². The Balaban J connectivity index is 1.85. The van der Waals surface area contributed by atoms with E-state index in [9.17, 15) is 0 Å². The number of hydrogen-bond donors (Lipinski definition) is 0. The van der Waals surface area contributed by atoms with E-state index in [4.69, 9.17) is 14.7 Å². The zero-order chi connectivity index (χ0) is 14.7. The topological polar surface area (TPSA) is 42.2 Å². The Morgan fingerprint density at radius 2 is 1.95 bits per heavy atom. The first kappa shape index (κ1) is 13.3. The summed E-state index contributed by atoms with van der Waals surface area (Å²) in [5, 5.41) is 8.84. The molecule has 104 valence electrons. The van der Waals surface area contributed by atoms with Gasteiger partial charge in [0.15, 0.2) is 0 Å². The molecule has 3 heteroatoms. The third-order valence-corrected chi connectivity index (χ3v) is 3.54. The molecule has 0 aliphatic carbocycles. The van der Waals surface area contributed by atoms with Gasteiger partial charge in [-0.05, 0) is 47.0 Å². The van der Waals surface area contributed by atoms with Crippen molar-refractivity contribution < 1.29 is 9.47 Å². The second kappa shape index (κ2) is 5.72. The minimum atomic E-state index is 0.0381. The lowest BCUT2D eigenvalue weighted by Crippen LogP contribution is -2.08. The minimum Gasteiger partial charge on any atom is -0.505 e. The molecular weight excluding hydrogens is 262 g/mol. The number of hydrogen-bond acceptors (Lipinski definition) is 3. The highest BCUT2D eigenvalue weighted by atomic mass is 16.5. The molecule has 0 fully saturated rings. The molecule has 1 aliphatic heterocycles. The van der Waals surface area contributed by atoms with Gasteiger partial charge in [-0.1, -0.05) is 18.2 Å². The van der Waals surface area contributed by atoms with Gasteiger partial charge in [0, 0.05) is 6.42 Å². The molecule has 1 heterocycles. The van der Waals surface area contributed by atoms with Crippen molar-refractivity contribution in [3.8, 4) is 22.9 Å². The van der Waals surface area contributed by atoms with E-state index in [-0.39, 0.29) is 6.10 Å². The van der Waals surface area contributed by atoms with E-state index in [0.717, 1.165) is 23.3 Å². The van der Waals surface area contributed by atoms with Crippen LogP contribution >= 0.6 is 0 Å². The number of benzene rings is 2. The monoisotopic (exact) mass is 277 g/mol. The summed E-state index contributed by atoms with van der Waals surface area (Å²) in [6.45, 7) is 0. The standard InChI is InChI=1S/C18H15NO2/c1-20-9-8-17-11-16-10-15(6-7-18(16)21-17)14-4-2-13(12-19)3-5-14/h2-10,17H,11H2,1H3. The molecule has 3 nitrogen and oxygen atoms in total. The molecule has 0 radical (unpaired) electrons. The number of nitrogens with zero attached hydrogens (tertiary/aromatic N) is 1. The van der Waals surface area contributed by atoms with Gasteiger partial charge in [-0.2, -0.15) is 5.26 Å². The lowest BCUT2D eigenvalue weighted by atomic mass is 10.00. The third-order valence-electron chi connectivity index (χ3n) is 3.54. The molecule has 21 heavy (non-hydrogen) atoms. The quantitative estimate of drug-likeness (QED) is 0.803. The molecule has 2 aromatic rings. The van der Waals surface area contributed by atoms with E-state index >= 15 is 0 Å². The molecule has 1 aliphatic rings. The normalized spacial score (nSPS) is 16.3. The fourth-order valence-electron chi connectivity index (χ4n) is 2.47. The molecule has 3 rings (SSSR count). The maximum absolute atomic E-state index is 8.84. The van der Waals surface area contributed by atoms with Gasteiger partial charge in [0.05, 0.1) is 25.0 Å². The van der Waals surface area contributed by atoms with Crippen LogP contribution in [0.15, 0.2) is 54.8 Å². The molecule has 0 saturated heterocycles. The van der Waals surface area contributed by atoms with Gasteiger partial charge in [0.1, 0.15) is 11.9 Å². The van der Waals surface area contributed by atoms with Crippen molar-refractivity contribution in [2.75, 3.05) is 7.11 Å². The summed E-state index contributed by atoms with van der Waals surface area (Å²) >= 11 is 0. The van der Waals surface area contributed by atoms with Crippen LogP contribution in [0.5, 0.6) is 5.75 Å². The maximum Gasteiger partial charge on any atom is 0.124 e.